The maximum atomic E-state index is 11.8. The van der Waals surface area contributed by atoms with Crippen molar-refractivity contribution in [2.24, 2.45) is 0 Å². The first kappa shape index (κ1) is 9.84. The average Bonchev–Trinajstić information content (AvgIpc) is 2.28. The molecule has 0 bridgehead atoms. The lowest BCUT2D eigenvalue weighted by Gasteiger charge is -2.02. The Kier molecular flexibility index (Phi) is 1.92. The van der Waals surface area contributed by atoms with Gasteiger partial charge in [-0.1, -0.05) is 12.1 Å². The van der Waals surface area contributed by atoms with E-state index >= 15 is 0 Å². The number of rotatable bonds is 0. The molecule has 1 aromatic carbocycles. The standard InChI is InChI=1S/C13H8O4/c1-7-6-10(14)17-12-8-4-2-3-5-9(8)16-13(15)11(7)12/h2-6H,1H3. The van der Waals surface area contributed by atoms with Crippen molar-refractivity contribution in [3.63, 3.8) is 0 Å². The number of aryl methyl sites for hydroxylation is 1. The molecular formula is C13H8O4. The van der Waals surface area contributed by atoms with Crippen molar-refractivity contribution in [2.75, 3.05) is 0 Å². The normalized spacial score (nSPS) is 11.1. The van der Waals surface area contributed by atoms with Crippen LogP contribution in [0.4, 0.5) is 0 Å². The van der Waals surface area contributed by atoms with Crippen LogP contribution in [0.1, 0.15) is 5.56 Å². The zero-order valence-corrected chi connectivity index (χ0v) is 9.02. The van der Waals surface area contributed by atoms with E-state index in [0.717, 1.165) is 0 Å². The Balaban J connectivity index is 2.75. The molecule has 0 aliphatic heterocycles. The van der Waals surface area contributed by atoms with Crippen LogP contribution in [0, 0.1) is 6.92 Å². The largest absolute Gasteiger partial charge is 0.422 e. The predicted molar refractivity (Wildman–Crippen MR) is 63.3 cm³/mol. The molecule has 0 atom stereocenters. The van der Waals surface area contributed by atoms with Crippen molar-refractivity contribution in [3.05, 3.63) is 56.7 Å². The maximum absolute atomic E-state index is 11.8. The van der Waals surface area contributed by atoms with Gasteiger partial charge in [-0.3, -0.25) is 0 Å². The van der Waals surface area contributed by atoms with Crippen LogP contribution in [0.25, 0.3) is 21.9 Å². The lowest BCUT2D eigenvalue weighted by Crippen LogP contribution is -2.06. The van der Waals surface area contributed by atoms with E-state index in [2.05, 4.69) is 0 Å². The number of hydrogen-bond donors (Lipinski definition) is 0. The van der Waals surface area contributed by atoms with Crippen molar-refractivity contribution >= 4 is 21.9 Å². The van der Waals surface area contributed by atoms with Crippen LogP contribution in [0.3, 0.4) is 0 Å². The highest BCUT2D eigenvalue weighted by Crippen LogP contribution is 2.22. The molecule has 0 fully saturated rings. The molecule has 0 N–H and O–H groups in total. The van der Waals surface area contributed by atoms with Gasteiger partial charge in [0.25, 0.3) is 0 Å². The minimum atomic E-state index is -0.486. The van der Waals surface area contributed by atoms with Gasteiger partial charge in [0.2, 0.25) is 0 Å². The lowest BCUT2D eigenvalue weighted by molar-refractivity contribution is 0.541. The Hall–Kier alpha value is -2.36. The molecule has 0 spiro atoms. The van der Waals surface area contributed by atoms with Crippen molar-refractivity contribution in [3.8, 4) is 0 Å². The van der Waals surface area contributed by atoms with Crippen LogP contribution in [0.5, 0.6) is 0 Å². The summed E-state index contributed by atoms with van der Waals surface area (Å²) in [5.41, 5.74) is 0.321. The first-order chi connectivity index (χ1) is 8.16. The first-order valence-electron chi connectivity index (χ1n) is 5.13. The highest BCUT2D eigenvalue weighted by molar-refractivity contribution is 6.01. The number of fused-ring (bicyclic) bond motifs is 3. The second-order valence-electron chi connectivity index (χ2n) is 3.84. The minimum absolute atomic E-state index is 0.293. The highest BCUT2D eigenvalue weighted by atomic mass is 16.4. The smallest absolute Gasteiger partial charge is 0.347 e. The molecule has 0 saturated carbocycles. The molecule has 0 radical (unpaired) electrons. The second kappa shape index (κ2) is 3.31. The Bertz CT molecular complexity index is 839. The topological polar surface area (TPSA) is 60.4 Å². The van der Waals surface area contributed by atoms with E-state index in [1.807, 2.05) is 0 Å². The number of para-hydroxylation sites is 1. The second-order valence-corrected chi connectivity index (χ2v) is 3.84. The Labute approximate surface area is 95.1 Å². The molecule has 2 heterocycles. The van der Waals surface area contributed by atoms with Gasteiger partial charge < -0.3 is 8.83 Å². The van der Waals surface area contributed by atoms with E-state index in [1.165, 1.54) is 6.07 Å². The van der Waals surface area contributed by atoms with Gasteiger partial charge in [-0.2, -0.15) is 0 Å². The zero-order valence-electron chi connectivity index (χ0n) is 9.02. The third kappa shape index (κ3) is 1.38. The molecule has 4 nitrogen and oxygen atoms in total. The van der Waals surface area contributed by atoms with E-state index in [0.29, 0.717) is 27.5 Å². The zero-order chi connectivity index (χ0) is 12.0. The van der Waals surface area contributed by atoms with Gasteiger partial charge in [-0.05, 0) is 24.6 Å². The van der Waals surface area contributed by atoms with Crippen LogP contribution >= 0.6 is 0 Å². The molecule has 0 unspecified atom stereocenters. The van der Waals surface area contributed by atoms with Gasteiger partial charge in [-0.25, -0.2) is 9.59 Å². The fourth-order valence-corrected chi connectivity index (χ4v) is 1.95. The Morgan fingerprint density at radius 2 is 1.82 bits per heavy atom. The van der Waals surface area contributed by atoms with Crippen LogP contribution < -0.4 is 11.3 Å². The Morgan fingerprint density at radius 1 is 1.06 bits per heavy atom. The lowest BCUT2D eigenvalue weighted by atomic mass is 10.1. The van der Waals surface area contributed by atoms with E-state index < -0.39 is 11.3 Å². The average molecular weight is 228 g/mol. The third-order valence-corrected chi connectivity index (χ3v) is 2.70. The molecule has 0 aliphatic rings. The van der Waals surface area contributed by atoms with Crippen LogP contribution in [0.2, 0.25) is 0 Å². The number of benzene rings is 1. The molecular weight excluding hydrogens is 220 g/mol. The molecule has 84 valence electrons. The summed E-state index contributed by atoms with van der Waals surface area (Å²) in [6.45, 7) is 1.69. The third-order valence-electron chi connectivity index (χ3n) is 2.70. The van der Waals surface area contributed by atoms with Gasteiger partial charge in [0.1, 0.15) is 11.0 Å². The quantitative estimate of drug-likeness (QED) is 0.437. The Morgan fingerprint density at radius 3 is 2.65 bits per heavy atom. The molecule has 0 saturated heterocycles. The van der Waals surface area contributed by atoms with E-state index in [4.69, 9.17) is 8.83 Å². The molecule has 3 aromatic rings. The fourth-order valence-electron chi connectivity index (χ4n) is 1.95. The summed E-state index contributed by atoms with van der Waals surface area (Å²) < 4.78 is 10.3. The molecule has 0 aliphatic carbocycles. The van der Waals surface area contributed by atoms with Gasteiger partial charge >= 0.3 is 11.3 Å². The number of hydrogen-bond acceptors (Lipinski definition) is 4. The molecule has 2 aromatic heterocycles. The van der Waals surface area contributed by atoms with Gasteiger partial charge in [0.05, 0.1) is 5.39 Å². The van der Waals surface area contributed by atoms with Gasteiger partial charge in [0.15, 0.2) is 5.58 Å². The van der Waals surface area contributed by atoms with Crippen LogP contribution in [-0.4, -0.2) is 0 Å². The van der Waals surface area contributed by atoms with Crippen molar-refractivity contribution < 1.29 is 8.83 Å². The summed E-state index contributed by atoms with van der Waals surface area (Å²) in [6, 6.07) is 8.25. The summed E-state index contributed by atoms with van der Waals surface area (Å²) in [4.78, 5) is 23.2. The van der Waals surface area contributed by atoms with E-state index in [-0.39, 0.29) is 0 Å². The van der Waals surface area contributed by atoms with E-state index in [9.17, 15) is 9.59 Å². The maximum Gasteiger partial charge on any atom is 0.347 e. The first-order valence-corrected chi connectivity index (χ1v) is 5.13. The van der Waals surface area contributed by atoms with Crippen LogP contribution in [0.15, 0.2) is 48.8 Å². The summed E-state index contributed by atoms with van der Waals surface area (Å²) in [5, 5.41) is 0.950. The van der Waals surface area contributed by atoms with Gasteiger partial charge in [0, 0.05) is 6.07 Å². The minimum Gasteiger partial charge on any atom is -0.422 e. The molecule has 3 rings (SSSR count). The summed E-state index contributed by atoms with van der Waals surface area (Å²) in [7, 11) is 0. The monoisotopic (exact) mass is 228 g/mol. The van der Waals surface area contributed by atoms with Crippen molar-refractivity contribution in [2.45, 2.75) is 6.92 Å². The predicted octanol–water partition coefficient (Wildman–Crippen LogP) is 2.21. The van der Waals surface area contributed by atoms with E-state index in [1.54, 1.807) is 31.2 Å². The molecule has 17 heavy (non-hydrogen) atoms. The van der Waals surface area contributed by atoms with Crippen molar-refractivity contribution in [1.82, 2.24) is 0 Å². The fraction of sp³-hybridized carbons (Fsp3) is 0.0769. The van der Waals surface area contributed by atoms with Crippen LogP contribution in [-0.2, 0) is 0 Å². The molecule has 0 amide bonds. The summed E-state index contributed by atoms with van der Waals surface area (Å²) in [5.74, 6) is 0. The molecule has 4 heteroatoms. The summed E-state index contributed by atoms with van der Waals surface area (Å²) in [6.07, 6.45) is 0. The van der Waals surface area contributed by atoms with Crippen molar-refractivity contribution in [1.29, 1.82) is 0 Å². The van der Waals surface area contributed by atoms with Gasteiger partial charge in [-0.15, -0.1) is 0 Å². The highest BCUT2D eigenvalue weighted by Gasteiger charge is 2.12. The summed E-state index contributed by atoms with van der Waals surface area (Å²) >= 11 is 0. The SMILES string of the molecule is Cc1cc(=O)oc2c1c(=O)oc1ccccc12.